The maximum atomic E-state index is 12.7. The summed E-state index contributed by atoms with van der Waals surface area (Å²) in [7, 11) is 1.55. The standard InChI is InChI=1S/C20H29N3O5/c1-5-28-19(26)23-11-9-14(10-12-23)21-17(24)20(2,3)18(25)22-15-7-6-8-16(13-15)27-4/h6-8,13-14H,5,9-12H2,1-4H3,(H,21,24)(H,22,25). The molecule has 0 aromatic heterocycles. The van der Waals surface area contributed by atoms with Crippen LogP contribution < -0.4 is 15.4 Å². The molecule has 0 unspecified atom stereocenters. The van der Waals surface area contributed by atoms with Gasteiger partial charge in [0.25, 0.3) is 0 Å². The smallest absolute Gasteiger partial charge is 0.409 e. The number of likely N-dealkylation sites (tertiary alicyclic amines) is 1. The van der Waals surface area contributed by atoms with Crippen LogP contribution in [0.15, 0.2) is 24.3 Å². The molecule has 8 nitrogen and oxygen atoms in total. The fraction of sp³-hybridized carbons (Fsp3) is 0.550. The molecule has 0 radical (unpaired) electrons. The summed E-state index contributed by atoms with van der Waals surface area (Å²) < 4.78 is 10.1. The first kappa shape index (κ1) is 21.5. The van der Waals surface area contributed by atoms with Crippen LogP contribution in [0.25, 0.3) is 0 Å². The second-order valence-corrected chi connectivity index (χ2v) is 7.24. The Morgan fingerprint density at radius 1 is 1.18 bits per heavy atom. The number of carbonyl (C=O) groups excluding carboxylic acids is 3. The molecular weight excluding hydrogens is 362 g/mol. The van der Waals surface area contributed by atoms with E-state index in [0.717, 1.165) is 0 Å². The highest BCUT2D eigenvalue weighted by atomic mass is 16.6. The second kappa shape index (κ2) is 9.43. The van der Waals surface area contributed by atoms with Crippen LogP contribution in [0.4, 0.5) is 10.5 Å². The zero-order valence-corrected chi connectivity index (χ0v) is 16.9. The molecule has 1 saturated heterocycles. The van der Waals surface area contributed by atoms with Crippen LogP contribution in [-0.4, -0.2) is 55.7 Å². The molecule has 28 heavy (non-hydrogen) atoms. The fourth-order valence-corrected chi connectivity index (χ4v) is 2.88. The van der Waals surface area contributed by atoms with Gasteiger partial charge in [0.15, 0.2) is 0 Å². The molecule has 0 spiro atoms. The van der Waals surface area contributed by atoms with E-state index in [9.17, 15) is 14.4 Å². The Hall–Kier alpha value is -2.77. The molecule has 0 bridgehead atoms. The number of ether oxygens (including phenoxy) is 2. The minimum atomic E-state index is -1.25. The Kier molecular flexibility index (Phi) is 7.25. The highest BCUT2D eigenvalue weighted by molar-refractivity contribution is 6.10. The lowest BCUT2D eigenvalue weighted by Gasteiger charge is -2.33. The summed E-state index contributed by atoms with van der Waals surface area (Å²) in [6.45, 7) is 6.31. The first-order valence-corrected chi connectivity index (χ1v) is 9.46. The molecule has 3 amide bonds. The molecule has 2 N–H and O–H groups in total. The minimum absolute atomic E-state index is 0.0814. The Labute approximate surface area is 165 Å². The zero-order valence-electron chi connectivity index (χ0n) is 16.9. The number of hydrogen-bond acceptors (Lipinski definition) is 5. The fourth-order valence-electron chi connectivity index (χ4n) is 2.88. The quantitative estimate of drug-likeness (QED) is 0.726. The van der Waals surface area contributed by atoms with E-state index in [-0.39, 0.29) is 18.0 Å². The van der Waals surface area contributed by atoms with Gasteiger partial charge in [0.05, 0.1) is 13.7 Å². The molecule has 8 heteroatoms. The lowest BCUT2D eigenvalue weighted by atomic mass is 9.90. The topological polar surface area (TPSA) is 97.0 Å². The summed E-state index contributed by atoms with van der Waals surface area (Å²) in [5.41, 5.74) is -0.686. The van der Waals surface area contributed by atoms with E-state index in [1.807, 2.05) is 0 Å². The highest BCUT2D eigenvalue weighted by Gasteiger charge is 2.38. The van der Waals surface area contributed by atoms with E-state index in [2.05, 4.69) is 10.6 Å². The molecule has 2 rings (SSSR count). The molecule has 1 fully saturated rings. The van der Waals surface area contributed by atoms with Crippen molar-refractivity contribution in [1.82, 2.24) is 10.2 Å². The van der Waals surface area contributed by atoms with Crippen molar-refractivity contribution in [3.05, 3.63) is 24.3 Å². The number of methoxy groups -OCH3 is 1. The Bertz CT molecular complexity index is 712. The predicted octanol–water partition coefficient (Wildman–Crippen LogP) is 2.40. The van der Waals surface area contributed by atoms with E-state index >= 15 is 0 Å². The van der Waals surface area contributed by atoms with Crippen LogP contribution in [0.2, 0.25) is 0 Å². The molecule has 0 atom stereocenters. The molecule has 1 aromatic carbocycles. The van der Waals surface area contributed by atoms with Crippen molar-refractivity contribution in [2.75, 3.05) is 32.1 Å². The van der Waals surface area contributed by atoms with Gasteiger partial charge in [-0.15, -0.1) is 0 Å². The van der Waals surface area contributed by atoms with Crippen molar-refractivity contribution in [2.24, 2.45) is 5.41 Å². The van der Waals surface area contributed by atoms with E-state index in [1.165, 1.54) is 0 Å². The monoisotopic (exact) mass is 391 g/mol. The summed E-state index contributed by atoms with van der Waals surface area (Å²) in [6, 6.07) is 6.88. The van der Waals surface area contributed by atoms with Crippen molar-refractivity contribution >= 4 is 23.6 Å². The first-order valence-electron chi connectivity index (χ1n) is 9.46. The van der Waals surface area contributed by atoms with Gasteiger partial charge in [0.2, 0.25) is 11.8 Å². The maximum Gasteiger partial charge on any atom is 0.409 e. The summed E-state index contributed by atoms with van der Waals surface area (Å²) in [4.78, 5) is 38.7. The number of hydrogen-bond donors (Lipinski definition) is 2. The Balaban J connectivity index is 1.90. The van der Waals surface area contributed by atoms with Gasteiger partial charge in [-0.3, -0.25) is 9.59 Å². The average Bonchev–Trinajstić information content (AvgIpc) is 2.68. The van der Waals surface area contributed by atoms with Crippen molar-refractivity contribution in [2.45, 2.75) is 39.7 Å². The number of piperidine rings is 1. The average molecular weight is 391 g/mol. The van der Waals surface area contributed by atoms with Gasteiger partial charge in [-0.1, -0.05) is 6.07 Å². The molecule has 0 aliphatic carbocycles. The number of carbonyl (C=O) groups is 3. The normalized spacial score (nSPS) is 14.9. The van der Waals surface area contributed by atoms with Crippen LogP contribution >= 0.6 is 0 Å². The SMILES string of the molecule is CCOC(=O)N1CCC(NC(=O)C(C)(C)C(=O)Nc2cccc(OC)c2)CC1. The number of anilines is 1. The second-order valence-electron chi connectivity index (χ2n) is 7.24. The van der Waals surface area contributed by atoms with Crippen molar-refractivity contribution in [1.29, 1.82) is 0 Å². The number of nitrogens with zero attached hydrogens (tertiary/aromatic N) is 1. The molecule has 1 aliphatic rings. The Morgan fingerprint density at radius 3 is 2.46 bits per heavy atom. The third kappa shape index (κ3) is 5.37. The van der Waals surface area contributed by atoms with Gasteiger partial charge < -0.3 is 25.0 Å². The molecule has 1 aromatic rings. The van der Waals surface area contributed by atoms with Crippen LogP contribution in [0.5, 0.6) is 5.75 Å². The van der Waals surface area contributed by atoms with Crippen molar-refractivity contribution in [3.8, 4) is 5.75 Å². The van der Waals surface area contributed by atoms with Gasteiger partial charge in [-0.2, -0.15) is 0 Å². The van der Waals surface area contributed by atoms with Crippen LogP contribution in [0.3, 0.4) is 0 Å². The van der Waals surface area contributed by atoms with Crippen molar-refractivity contribution < 1.29 is 23.9 Å². The van der Waals surface area contributed by atoms with Gasteiger partial charge in [0, 0.05) is 30.9 Å². The summed E-state index contributed by atoms with van der Waals surface area (Å²) in [5.74, 6) is -0.127. The molecule has 154 valence electrons. The number of benzene rings is 1. The summed E-state index contributed by atoms with van der Waals surface area (Å²) >= 11 is 0. The van der Waals surface area contributed by atoms with Crippen molar-refractivity contribution in [3.63, 3.8) is 0 Å². The van der Waals surface area contributed by atoms with E-state index in [0.29, 0.717) is 44.0 Å². The lowest BCUT2D eigenvalue weighted by Crippen LogP contribution is -2.52. The predicted molar refractivity (Wildman–Crippen MR) is 105 cm³/mol. The van der Waals surface area contributed by atoms with E-state index in [4.69, 9.17) is 9.47 Å². The van der Waals surface area contributed by atoms with Gasteiger partial charge in [-0.25, -0.2) is 4.79 Å². The molecule has 1 heterocycles. The Morgan fingerprint density at radius 2 is 1.86 bits per heavy atom. The van der Waals surface area contributed by atoms with Gasteiger partial charge in [-0.05, 0) is 45.7 Å². The maximum absolute atomic E-state index is 12.7. The zero-order chi connectivity index (χ0) is 20.7. The third-order valence-electron chi connectivity index (χ3n) is 4.82. The van der Waals surface area contributed by atoms with Crippen LogP contribution in [0.1, 0.15) is 33.6 Å². The first-order chi connectivity index (χ1) is 13.3. The third-order valence-corrected chi connectivity index (χ3v) is 4.82. The minimum Gasteiger partial charge on any atom is -0.497 e. The van der Waals surface area contributed by atoms with E-state index < -0.39 is 11.3 Å². The molecule has 1 aliphatic heterocycles. The van der Waals surface area contributed by atoms with E-state index in [1.54, 1.807) is 57.0 Å². The lowest BCUT2D eigenvalue weighted by molar-refractivity contribution is -0.139. The van der Waals surface area contributed by atoms with Gasteiger partial charge in [0.1, 0.15) is 11.2 Å². The number of nitrogens with one attached hydrogen (secondary N) is 2. The number of amides is 3. The molecular formula is C20H29N3O5. The summed E-state index contributed by atoms with van der Waals surface area (Å²) in [6.07, 6.45) is 0.918. The van der Waals surface area contributed by atoms with Gasteiger partial charge >= 0.3 is 6.09 Å². The number of rotatable bonds is 6. The van der Waals surface area contributed by atoms with Crippen LogP contribution in [0, 0.1) is 5.41 Å². The molecule has 0 saturated carbocycles. The largest absolute Gasteiger partial charge is 0.497 e. The summed E-state index contributed by atoms with van der Waals surface area (Å²) in [5, 5.41) is 5.70. The highest BCUT2D eigenvalue weighted by Crippen LogP contribution is 2.23. The van der Waals surface area contributed by atoms with Crippen LogP contribution in [-0.2, 0) is 14.3 Å².